The van der Waals surface area contributed by atoms with E-state index < -0.39 is 18.4 Å². The summed E-state index contributed by atoms with van der Waals surface area (Å²) in [6.07, 6.45) is 5.91. The van der Waals surface area contributed by atoms with Gasteiger partial charge in [0.2, 0.25) is 0 Å². The maximum atomic E-state index is 4.36. The van der Waals surface area contributed by atoms with Gasteiger partial charge in [-0.1, -0.05) is 0 Å². The molecule has 0 amide bonds. The molecule has 0 spiro atoms. The molecule has 0 aromatic carbocycles. The average Bonchev–Trinajstić information content (AvgIpc) is 2.47. The molecule has 4 heteroatoms. The molecule has 0 aliphatic carbocycles. The minimum atomic E-state index is -1.95. The molecule has 0 atom stereocenters. The zero-order valence-electron chi connectivity index (χ0n) is 8.15. The number of fused-ring (bicyclic) bond motifs is 1. The van der Waals surface area contributed by atoms with E-state index >= 15 is 0 Å². The van der Waals surface area contributed by atoms with Gasteiger partial charge in [0.15, 0.2) is 0 Å². The van der Waals surface area contributed by atoms with E-state index in [1.54, 1.807) is 6.20 Å². The molecule has 0 radical (unpaired) electrons. The van der Waals surface area contributed by atoms with Gasteiger partial charge in [0.1, 0.15) is 0 Å². The SMILES string of the molecule is [CH3][Sn]([CH3])([CH3])[c]1cnc2ccnn2c1. The molecule has 2 rings (SSSR count). The van der Waals surface area contributed by atoms with Gasteiger partial charge >= 0.3 is 81.7 Å². The van der Waals surface area contributed by atoms with Crippen molar-refractivity contribution in [1.29, 1.82) is 0 Å². The fourth-order valence-electron chi connectivity index (χ4n) is 1.20. The molecule has 3 nitrogen and oxygen atoms in total. The topological polar surface area (TPSA) is 30.2 Å². The van der Waals surface area contributed by atoms with Crippen LogP contribution in [0.15, 0.2) is 24.7 Å². The number of rotatable bonds is 1. The van der Waals surface area contributed by atoms with Crippen LogP contribution in [0.5, 0.6) is 0 Å². The molecule has 0 bridgehead atoms. The summed E-state index contributed by atoms with van der Waals surface area (Å²) >= 11 is -1.95. The molecular weight excluding hydrogens is 269 g/mol. The fraction of sp³-hybridized carbons (Fsp3) is 0.333. The molecule has 0 unspecified atom stereocenters. The Morgan fingerprint density at radius 1 is 1.31 bits per heavy atom. The monoisotopic (exact) mass is 283 g/mol. The van der Waals surface area contributed by atoms with Crippen molar-refractivity contribution in [3.63, 3.8) is 0 Å². The van der Waals surface area contributed by atoms with Crippen molar-refractivity contribution >= 4 is 27.6 Å². The van der Waals surface area contributed by atoms with Crippen LogP contribution >= 0.6 is 0 Å². The second kappa shape index (κ2) is 2.97. The van der Waals surface area contributed by atoms with E-state index in [-0.39, 0.29) is 0 Å². The molecule has 0 fully saturated rings. The van der Waals surface area contributed by atoms with E-state index in [0.29, 0.717) is 0 Å². The van der Waals surface area contributed by atoms with Gasteiger partial charge in [0, 0.05) is 0 Å². The van der Waals surface area contributed by atoms with Gasteiger partial charge in [-0.15, -0.1) is 0 Å². The van der Waals surface area contributed by atoms with Gasteiger partial charge in [0.25, 0.3) is 0 Å². The number of aromatic nitrogens is 3. The molecular formula is C9H13N3Sn. The van der Waals surface area contributed by atoms with Crippen LogP contribution in [0.4, 0.5) is 0 Å². The van der Waals surface area contributed by atoms with E-state index in [1.807, 2.05) is 16.8 Å². The Hall–Kier alpha value is -0.581. The van der Waals surface area contributed by atoms with Gasteiger partial charge < -0.3 is 0 Å². The Morgan fingerprint density at radius 3 is 2.77 bits per heavy atom. The Morgan fingerprint density at radius 2 is 2.08 bits per heavy atom. The predicted molar refractivity (Wildman–Crippen MR) is 56.0 cm³/mol. The maximum absolute atomic E-state index is 4.36. The zero-order chi connectivity index (χ0) is 9.47. The van der Waals surface area contributed by atoms with Gasteiger partial charge in [-0.3, -0.25) is 0 Å². The summed E-state index contributed by atoms with van der Waals surface area (Å²) in [6.45, 7) is 0. The summed E-state index contributed by atoms with van der Waals surface area (Å²) in [4.78, 5) is 11.5. The summed E-state index contributed by atoms with van der Waals surface area (Å²) in [5, 5.41) is 4.18. The van der Waals surface area contributed by atoms with Crippen LogP contribution in [0.1, 0.15) is 0 Å². The van der Waals surface area contributed by atoms with Gasteiger partial charge in [0.05, 0.1) is 0 Å². The summed E-state index contributed by atoms with van der Waals surface area (Å²) in [7, 11) is 0. The van der Waals surface area contributed by atoms with Gasteiger partial charge in [-0.2, -0.15) is 0 Å². The van der Waals surface area contributed by atoms with Crippen LogP contribution in [0.2, 0.25) is 14.8 Å². The van der Waals surface area contributed by atoms with Crippen LogP contribution in [-0.2, 0) is 0 Å². The van der Waals surface area contributed by atoms with Gasteiger partial charge in [-0.05, 0) is 0 Å². The van der Waals surface area contributed by atoms with E-state index in [0.717, 1.165) is 5.65 Å². The molecule has 0 aliphatic heterocycles. The molecule has 2 heterocycles. The summed E-state index contributed by atoms with van der Waals surface area (Å²) in [5.74, 6) is 0. The summed E-state index contributed by atoms with van der Waals surface area (Å²) < 4.78 is 3.27. The molecule has 2 aromatic rings. The van der Waals surface area contributed by atoms with E-state index in [2.05, 4.69) is 31.1 Å². The van der Waals surface area contributed by atoms with E-state index in [1.165, 1.54) is 3.58 Å². The van der Waals surface area contributed by atoms with Crippen molar-refractivity contribution in [1.82, 2.24) is 14.6 Å². The van der Waals surface area contributed by atoms with Crippen LogP contribution < -0.4 is 3.58 Å². The second-order valence-electron chi connectivity index (χ2n) is 4.23. The average molecular weight is 282 g/mol. The predicted octanol–water partition coefficient (Wildman–Crippen LogP) is 1.27. The molecule has 0 N–H and O–H groups in total. The third-order valence-corrected chi connectivity index (χ3v) is 7.79. The molecule has 13 heavy (non-hydrogen) atoms. The Bertz CT molecular complexity index is 428. The third-order valence-electron chi connectivity index (χ3n) is 2.11. The number of nitrogens with zero attached hydrogens (tertiary/aromatic N) is 3. The minimum absolute atomic E-state index is 0.930. The molecule has 0 aliphatic rings. The van der Waals surface area contributed by atoms with Crippen molar-refractivity contribution in [2.45, 2.75) is 14.8 Å². The van der Waals surface area contributed by atoms with E-state index in [9.17, 15) is 0 Å². The zero-order valence-corrected chi connectivity index (χ0v) is 11.0. The summed E-state index contributed by atoms with van der Waals surface area (Å²) in [6, 6.07) is 1.92. The molecule has 0 saturated heterocycles. The molecule has 0 saturated carbocycles. The normalized spacial score (nSPS) is 12.2. The number of hydrogen-bond donors (Lipinski definition) is 0. The van der Waals surface area contributed by atoms with Crippen molar-refractivity contribution < 1.29 is 0 Å². The van der Waals surface area contributed by atoms with Crippen LogP contribution in [0, 0.1) is 0 Å². The van der Waals surface area contributed by atoms with Crippen LogP contribution in [-0.4, -0.2) is 33.0 Å². The fourth-order valence-corrected chi connectivity index (χ4v) is 3.94. The van der Waals surface area contributed by atoms with Crippen molar-refractivity contribution in [3.8, 4) is 0 Å². The van der Waals surface area contributed by atoms with Crippen molar-refractivity contribution in [2.24, 2.45) is 0 Å². The van der Waals surface area contributed by atoms with Crippen LogP contribution in [0.3, 0.4) is 0 Å². The quantitative estimate of drug-likeness (QED) is 0.737. The Balaban J connectivity index is 2.61. The van der Waals surface area contributed by atoms with Gasteiger partial charge in [-0.25, -0.2) is 0 Å². The summed E-state index contributed by atoms with van der Waals surface area (Å²) in [5.41, 5.74) is 0.930. The standard InChI is InChI=1S/C6H4N3.3CH3.Sn/c1-3-7-6-2-4-8-9(6)5-1;;;;/h2-5H;3*1H3;. The molecule has 2 aromatic heterocycles. The van der Waals surface area contributed by atoms with Crippen molar-refractivity contribution in [3.05, 3.63) is 24.7 Å². The second-order valence-corrected chi connectivity index (χ2v) is 18.7. The number of hydrogen-bond acceptors (Lipinski definition) is 2. The Kier molecular flexibility index (Phi) is 2.06. The molecule has 68 valence electrons. The third kappa shape index (κ3) is 1.70. The Labute approximate surface area is 81.7 Å². The van der Waals surface area contributed by atoms with E-state index in [4.69, 9.17) is 0 Å². The first-order chi connectivity index (χ1) is 6.07. The van der Waals surface area contributed by atoms with Crippen molar-refractivity contribution in [2.75, 3.05) is 0 Å². The first-order valence-electron chi connectivity index (χ1n) is 4.37. The van der Waals surface area contributed by atoms with Crippen LogP contribution in [0.25, 0.3) is 5.65 Å². The first-order valence-corrected chi connectivity index (χ1v) is 14.4. The first kappa shape index (κ1) is 8.99.